The molecule has 3 aromatic carbocycles. The molecule has 1 unspecified atom stereocenters. The fourth-order valence-corrected chi connectivity index (χ4v) is 3.47. The lowest BCUT2D eigenvalue weighted by Crippen LogP contribution is -2.51. The van der Waals surface area contributed by atoms with Crippen LogP contribution in [0.2, 0.25) is 0 Å². The Hall–Kier alpha value is -3.67. The van der Waals surface area contributed by atoms with Crippen LogP contribution in [0.1, 0.15) is 24.5 Å². The molecule has 0 saturated heterocycles. The van der Waals surface area contributed by atoms with Crippen molar-refractivity contribution in [2.75, 3.05) is 13.2 Å². The van der Waals surface area contributed by atoms with Gasteiger partial charge in [-0.15, -0.1) is 0 Å². The summed E-state index contributed by atoms with van der Waals surface area (Å²) in [6.07, 6.45) is 1.07. The Kier molecular flexibility index (Phi) is 9.00. The number of ether oxygens (including phenoxy) is 1. The largest absolute Gasteiger partial charge is 0.484 e. The minimum Gasteiger partial charge on any atom is -0.484 e. The first-order valence-corrected chi connectivity index (χ1v) is 11.1. The van der Waals surface area contributed by atoms with Gasteiger partial charge >= 0.3 is 0 Å². The van der Waals surface area contributed by atoms with E-state index in [0.717, 1.165) is 12.0 Å². The average Bonchev–Trinajstić information content (AvgIpc) is 2.85. The first-order chi connectivity index (χ1) is 16.1. The van der Waals surface area contributed by atoms with Crippen molar-refractivity contribution in [1.29, 1.82) is 0 Å². The van der Waals surface area contributed by atoms with E-state index in [0.29, 0.717) is 24.3 Å². The van der Waals surface area contributed by atoms with Gasteiger partial charge in [-0.1, -0.05) is 73.7 Å². The van der Waals surface area contributed by atoms with Gasteiger partial charge in [0, 0.05) is 25.1 Å². The fraction of sp³-hybridized carbons (Fsp3) is 0.259. The highest BCUT2D eigenvalue weighted by atomic mass is 19.1. The molecule has 6 heteroatoms. The van der Waals surface area contributed by atoms with E-state index in [1.165, 1.54) is 11.0 Å². The Labute approximate surface area is 194 Å². The summed E-state index contributed by atoms with van der Waals surface area (Å²) in [7, 11) is 0. The minimum atomic E-state index is -0.814. The first kappa shape index (κ1) is 24.0. The Balaban J connectivity index is 1.89. The second-order valence-electron chi connectivity index (χ2n) is 7.71. The summed E-state index contributed by atoms with van der Waals surface area (Å²) in [5.41, 5.74) is 1.25. The fourth-order valence-electron chi connectivity index (χ4n) is 3.47. The van der Waals surface area contributed by atoms with Crippen LogP contribution in [0.15, 0.2) is 84.9 Å². The number of carbonyl (C=O) groups is 2. The van der Waals surface area contributed by atoms with Crippen molar-refractivity contribution in [3.63, 3.8) is 0 Å². The molecule has 0 aliphatic heterocycles. The molecule has 0 saturated carbocycles. The summed E-state index contributed by atoms with van der Waals surface area (Å²) in [6.45, 7) is 2.15. The van der Waals surface area contributed by atoms with Crippen LogP contribution >= 0.6 is 0 Å². The zero-order valence-corrected chi connectivity index (χ0v) is 18.7. The van der Waals surface area contributed by atoms with Gasteiger partial charge in [0.15, 0.2) is 6.61 Å². The zero-order valence-electron chi connectivity index (χ0n) is 18.7. The third-order valence-electron chi connectivity index (χ3n) is 5.22. The summed E-state index contributed by atoms with van der Waals surface area (Å²) < 4.78 is 20.1. The summed E-state index contributed by atoms with van der Waals surface area (Å²) in [4.78, 5) is 27.9. The van der Waals surface area contributed by atoms with Crippen molar-refractivity contribution in [3.05, 3.63) is 102 Å². The van der Waals surface area contributed by atoms with E-state index in [1.807, 2.05) is 55.5 Å². The van der Waals surface area contributed by atoms with E-state index in [-0.39, 0.29) is 19.1 Å². The maximum atomic E-state index is 14.5. The van der Waals surface area contributed by atoms with Crippen molar-refractivity contribution in [3.8, 4) is 5.75 Å². The molecular weight excluding hydrogens is 419 g/mol. The molecule has 172 valence electrons. The monoisotopic (exact) mass is 448 g/mol. The lowest BCUT2D eigenvalue weighted by Gasteiger charge is -2.31. The molecule has 0 bridgehead atoms. The van der Waals surface area contributed by atoms with Gasteiger partial charge in [-0.25, -0.2) is 4.39 Å². The third kappa shape index (κ3) is 7.17. The van der Waals surface area contributed by atoms with Crippen LogP contribution in [0.4, 0.5) is 4.39 Å². The van der Waals surface area contributed by atoms with Crippen molar-refractivity contribution >= 4 is 11.8 Å². The molecule has 1 N–H and O–H groups in total. The molecule has 0 aliphatic rings. The molecule has 5 nitrogen and oxygen atoms in total. The van der Waals surface area contributed by atoms with Gasteiger partial charge in [-0.05, 0) is 30.2 Å². The van der Waals surface area contributed by atoms with E-state index in [4.69, 9.17) is 4.74 Å². The maximum absolute atomic E-state index is 14.5. The van der Waals surface area contributed by atoms with E-state index in [9.17, 15) is 14.0 Å². The normalized spacial score (nSPS) is 11.5. The highest BCUT2D eigenvalue weighted by Gasteiger charge is 2.31. The quantitative estimate of drug-likeness (QED) is 0.474. The van der Waals surface area contributed by atoms with Crippen molar-refractivity contribution in [1.82, 2.24) is 10.2 Å². The zero-order chi connectivity index (χ0) is 23.5. The van der Waals surface area contributed by atoms with Crippen LogP contribution in [0.3, 0.4) is 0 Å². The molecular formula is C27H29FN2O3. The SMILES string of the molecule is CCCNC(=O)C(Cc1ccccc1)N(Cc1ccccc1F)C(=O)COc1ccccc1. The van der Waals surface area contributed by atoms with E-state index in [2.05, 4.69) is 5.32 Å². The number of hydrogen-bond donors (Lipinski definition) is 1. The number of para-hydroxylation sites is 1. The molecule has 3 rings (SSSR count). The Morgan fingerprint density at radius 3 is 2.24 bits per heavy atom. The molecule has 3 aromatic rings. The van der Waals surface area contributed by atoms with Crippen LogP contribution < -0.4 is 10.1 Å². The van der Waals surface area contributed by atoms with Crippen molar-refractivity contribution < 1.29 is 18.7 Å². The molecule has 0 aliphatic carbocycles. The topological polar surface area (TPSA) is 58.6 Å². The van der Waals surface area contributed by atoms with Crippen LogP contribution in [0.25, 0.3) is 0 Å². The minimum absolute atomic E-state index is 0.0410. The number of hydrogen-bond acceptors (Lipinski definition) is 3. The van der Waals surface area contributed by atoms with E-state index >= 15 is 0 Å². The molecule has 2 amide bonds. The molecule has 0 spiro atoms. The van der Waals surface area contributed by atoms with Crippen LogP contribution in [0, 0.1) is 5.82 Å². The lowest BCUT2D eigenvalue weighted by molar-refractivity contribution is -0.142. The van der Waals surface area contributed by atoms with Gasteiger partial charge in [-0.3, -0.25) is 9.59 Å². The van der Waals surface area contributed by atoms with Crippen LogP contribution in [-0.4, -0.2) is 35.9 Å². The second-order valence-corrected chi connectivity index (χ2v) is 7.71. The highest BCUT2D eigenvalue weighted by molar-refractivity contribution is 5.88. The first-order valence-electron chi connectivity index (χ1n) is 11.1. The highest BCUT2D eigenvalue weighted by Crippen LogP contribution is 2.17. The van der Waals surface area contributed by atoms with Crippen LogP contribution in [-0.2, 0) is 22.6 Å². The van der Waals surface area contributed by atoms with Gasteiger partial charge in [0.1, 0.15) is 17.6 Å². The molecule has 1 atom stereocenters. The van der Waals surface area contributed by atoms with Crippen molar-refractivity contribution in [2.45, 2.75) is 32.4 Å². The smallest absolute Gasteiger partial charge is 0.261 e. The van der Waals surface area contributed by atoms with Gasteiger partial charge in [0.2, 0.25) is 5.91 Å². The Bertz CT molecular complexity index is 1030. The predicted molar refractivity (Wildman–Crippen MR) is 126 cm³/mol. The van der Waals surface area contributed by atoms with Crippen molar-refractivity contribution in [2.24, 2.45) is 0 Å². The van der Waals surface area contributed by atoms with Gasteiger partial charge in [0.25, 0.3) is 5.91 Å². The number of benzene rings is 3. The lowest BCUT2D eigenvalue weighted by atomic mass is 10.0. The number of halogens is 1. The molecule has 0 radical (unpaired) electrons. The number of amides is 2. The summed E-state index contributed by atoms with van der Waals surface area (Å²) in [6, 6.07) is 23.9. The standard InChI is InChI=1S/C27H29FN2O3/c1-2-17-29-27(32)25(18-21-11-5-3-6-12-21)30(19-22-13-9-10-16-24(22)28)26(31)20-33-23-14-7-4-8-15-23/h3-16,25H,2,17-20H2,1H3,(H,29,32). The summed E-state index contributed by atoms with van der Waals surface area (Å²) >= 11 is 0. The Morgan fingerprint density at radius 1 is 0.939 bits per heavy atom. The number of rotatable bonds is 11. The van der Waals surface area contributed by atoms with Gasteiger partial charge in [0.05, 0.1) is 0 Å². The van der Waals surface area contributed by atoms with Gasteiger partial charge < -0.3 is 15.0 Å². The van der Waals surface area contributed by atoms with E-state index < -0.39 is 17.8 Å². The number of carbonyl (C=O) groups excluding carboxylic acids is 2. The Morgan fingerprint density at radius 2 is 1.58 bits per heavy atom. The molecule has 0 aromatic heterocycles. The summed E-state index contributed by atoms with van der Waals surface area (Å²) in [5.74, 6) is -0.543. The maximum Gasteiger partial charge on any atom is 0.261 e. The van der Waals surface area contributed by atoms with Crippen LogP contribution in [0.5, 0.6) is 5.75 Å². The molecule has 33 heavy (non-hydrogen) atoms. The number of nitrogens with zero attached hydrogens (tertiary/aromatic N) is 1. The average molecular weight is 449 g/mol. The number of nitrogens with one attached hydrogen (secondary N) is 1. The second kappa shape index (κ2) is 12.4. The van der Waals surface area contributed by atoms with Gasteiger partial charge in [-0.2, -0.15) is 0 Å². The third-order valence-corrected chi connectivity index (χ3v) is 5.22. The molecule has 0 heterocycles. The van der Waals surface area contributed by atoms with E-state index in [1.54, 1.807) is 30.3 Å². The summed E-state index contributed by atoms with van der Waals surface area (Å²) in [5, 5.41) is 2.89. The predicted octanol–water partition coefficient (Wildman–Crippen LogP) is 4.37. The molecule has 0 fully saturated rings.